The minimum absolute atomic E-state index is 0.153. The number of nitrogens with zero attached hydrogens (tertiary/aromatic N) is 3. The summed E-state index contributed by atoms with van der Waals surface area (Å²) in [5.74, 6) is 0.832. The van der Waals surface area contributed by atoms with Crippen molar-refractivity contribution < 1.29 is 0 Å². The maximum atomic E-state index is 5.22. The van der Waals surface area contributed by atoms with Crippen LogP contribution in [0.15, 0.2) is 187 Å². The number of pyridine rings is 2. The molecule has 4 heteroatoms. The molecule has 0 fully saturated rings. The van der Waals surface area contributed by atoms with E-state index in [-0.39, 0.29) is 6.04 Å². The Hall–Kier alpha value is -6.91. The van der Waals surface area contributed by atoms with Gasteiger partial charge in [-0.05, 0) is 68.6 Å². The second kappa shape index (κ2) is 12.4. The summed E-state index contributed by atoms with van der Waals surface area (Å²) in [5.41, 5.74) is 10.2. The molecule has 0 saturated heterocycles. The fourth-order valence-electron chi connectivity index (χ4n) is 7.42. The molecule has 9 aromatic rings. The molecule has 1 aliphatic heterocycles. The number of benzene rings is 7. The Morgan fingerprint density at radius 3 is 1.92 bits per heavy atom. The molecule has 0 saturated carbocycles. The van der Waals surface area contributed by atoms with E-state index in [9.17, 15) is 0 Å². The van der Waals surface area contributed by atoms with Gasteiger partial charge in [-0.15, -0.1) is 0 Å². The first-order valence-electron chi connectivity index (χ1n) is 17.6. The predicted octanol–water partition coefficient (Wildman–Crippen LogP) is 11.6. The first-order valence-corrected chi connectivity index (χ1v) is 17.6. The first-order chi connectivity index (χ1) is 25.7. The molecule has 1 atom stereocenters. The third-order valence-electron chi connectivity index (χ3n) is 10.1. The van der Waals surface area contributed by atoms with E-state index in [0.29, 0.717) is 0 Å². The highest BCUT2D eigenvalue weighted by molar-refractivity contribution is 6.14. The van der Waals surface area contributed by atoms with E-state index >= 15 is 0 Å². The molecule has 2 aromatic heterocycles. The number of rotatable bonds is 5. The Balaban J connectivity index is 1.03. The van der Waals surface area contributed by atoms with E-state index in [1.807, 2.05) is 36.4 Å². The number of hydrogen-bond acceptors (Lipinski definition) is 4. The molecular weight excluding hydrogens is 633 g/mol. The van der Waals surface area contributed by atoms with Crippen LogP contribution in [0.4, 0.5) is 0 Å². The average molecular weight is 665 g/mol. The predicted molar refractivity (Wildman–Crippen MR) is 216 cm³/mol. The van der Waals surface area contributed by atoms with Gasteiger partial charge in [-0.3, -0.25) is 4.98 Å². The van der Waals surface area contributed by atoms with Crippen LogP contribution < -0.4 is 5.32 Å². The summed E-state index contributed by atoms with van der Waals surface area (Å²) >= 11 is 0. The molecular formula is C48H32N4. The van der Waals surface area contributed by atoms with Crippen molar-refractivity contribution in [2.45, 2.75) is 6.04 Å². The fourth-order valence-corrected chi connectivity index (χ4v) is 7.42. The van der Waals surface area contributed by atoms with Crippen LogP contribution in [0.5, 0.6) is 0 Å². The molecule has 3 heterocycles. The van der Waals surface area contributed by atoms with Crippen molar-refractivity contribution >= 4 is 54.9 Å². The Bertz CT molecular complexity index is 2870. The molecule has 52 heavy (non-hydrogen) atoms. The zero-order valence-corrected chi connectivity index (χ0v) is 28.2. The number of aromatic nitrogens is 2. The van der Waals surface area contributed by atoms with Crippen LogP contribution in [-0.4, -0.2) is 15.8 Å². The maximum Gasteiger partial charge on any atom is 0.134 e. The number of nitrogens with one attached hydrogen (secondary N) is 1. The number of amidine groups is 1. The van der Waals surface area contributed by atoms with Crippen LogP contribution in [-0.2, 0) is 0 Å². The quantitative estimate of drug-likeness (QED) is 0.186. The molecule has 0 spiro atoms. The zero-order chi connectivity index (χ0) is 34.4. The van der Waals surface area contributed by atoms with Crippen molar-refractivity contribution in [2.24, 2.45) is 4.99 Å². The topological polar surface area (TPSA) is 50.2 Å². The van der Waals surface area contributed by atoms with E-state index in [4.69, 9.17) is 15.0 Å². The summed E-state index contributed by atoms with van der Waals surface area (Å²) < 4.78 is 0. The SMILES string of the molecule is C1=C(c2ccccc2)N=C(c2ccccc2)NC1c1ccc2ccc(-c3ccc4ccc(-c5cccc6ccc7ccccc7c56)cc4n3)cc2n1. The Kier molecular flexibility index (Phi) is 7.17. The van der Waals surface area contributed by atoms with Crippen LogP contribution in [0.2, 0.25) is 0 Å². The van der Waals surface area contributed by atoms with E-state index in [2.05, 4.69) is 151 Å². The molecule has 1 aliphatic rings. The van der Waals surface area contributed by atoms with Gasteiger partial charge in [-0.1, -0.05) is 152 Å². The number of fused-ring (bicyclic) bond motifs is 5. The summed E-state index contributed by atoms with van der Waals surface area (Å²) in [6.45, 7) is 0. The second-order valence-corrected chi connectivity index (χ2v) is 13.3. The monoisotopic (exact) mass is 664 g/mol. The summed E-state index contributed by atoms with van der Waals surface area (Å²) in [5, 5.41) is 10.9. The van der Waals surface area contributed by atoms with Crippen LogP contribution in [0.3, 0.4) is 0 Å². The highest BCUT2D eigenvalue weighted by Gasteiger charge is 2.21. The summed E-state index contributed by atoms with van der Waals surface area (Å²) in [6, 6.07) is 61.7. The molecule has 1 N–H and O–H groups in total. The highest BCUT2D eigenvalue weighted by atomic mass is 15.1. The fraction of sp³-hybridized carbons (Fsp3) is 0.0208. The average Bonchev–Trinajstić information content (AvgIpc) is 3.23. The van der Waals surface area contributed by atoms with Crippen molar-refractivity contribution in [1.82, 2.24) is 15.3 Å². The minimum Gasteiger partial charge on any atom is -0.358 e. The third-order valence-corrected chi connectivity index (χ3v) is 10.1. The molecule has 10 rings (SSSR count). The maximum absolute atomic E-state index is 5.22. The summed E-state index contributed by atoms with van der Waals surface area (Å²) in [6.07, 6.45) is 2.17. The number of hydrogen-bond donors (Lipinski definition) is 1. The van der Waals surface area contributed by atoms with Crippen LogP contribution in [0.1, 0.15) is 22.9 Å². The Morgan fingerprint density at radius 1 is 0.442 bits per heavy atom. The molecule has 7 aromatic carbocycles. The molecule has 0 bridgehead atoms. The van der Waals surface area contributed by atoms with E-state index in [0.717, 1.165) is 67.0 Å². The van der Waals surface area contributed by atoms with E-state index in [1.54, 1.807) is 0 Å². The molecule has 1 unspecified atom stereocenters. The van der Waals surface area contributed by atoms with Crippen molar-refractivity contribution in [2.75, 3.05) is 0 Å². The molecule has 0 radical (unpaired) electrons. The van der Waals surface area contributed by atoms with Gasteiger partial charge in [-0.25, -0.2) is 9.98 Å². The van der Waals surface area contributed by atoms with Crippen molar-refractivity contribution in [1.29, 1.82) is 0 Å². The Morgan fingerprint density at radius 2 is 1.08 bits per heavy atom. The van der Waals surface area contributed by atoms with Gasteiger partial charge < -0.3 is 5.32 Å². The van der Waals surface area contributed by atoms with Gasteiger partial charge in [0.05, 0.1) is 34.2 Å². The van der Waals surface area contributed by atoms with Gasteiger partial charge in [0.1, 0.15) is 5.84 Å². The lowest BCUT2D eigenvalue weighted by Gasteiger charge is -2.24. The summed E-state index contributed by atoms with van der Waals surface area (Å²) in [7, 11) is 0. The highest BCUT2D eigenvalue weighted by Crippen LogP contribution is 2.36. The normalized spacial score (nSPS) is 14.3. The molecule has 4 nitrogen and oxygen atoms in total. The van der Waals surface area contributed by atoms with Crippen LogP contribution in [0.25, 0.3) is 71.4 Å². The minimum atomic E-state index is -0.153. The summed E-state index contributed by atoms with van der Waals surface area (Å²) in [4.78, 5) is 15.5. The van der Waals surface area contributed by atoms with Gasteiger partial charge >= 0.3 is 0 Å². The van der Waals surface area contributed by atoms with Crippen molar-refractivity contribution in [3.8, 4) is 22.4 Å². The molecule has 244 valence electrons. The van der Waals surface area contributed by atoms with Crippen LogP contribution >= 0.6 is 0 Å². The lowest BCUT2D eigenvalue weighted by Crippen LogP contribution is -2.31. The first kappa shape index (κ1) is 30.0. The van der Waals surface area contributed by atoms with Crippen molar-refractivity contribution in [3.63, 3.8) is 0 Å². The van der Waals surface area contributed by atoms with Crippen molar-refractivity contribution in [3.05, 3.63) is 199 Å². The Labute approximate surface area is 301 Å². The van der Waals surface area contributed by atoms with Gasteiger partial charge in [0.15, 0.2) is 0 Å². The van der Waals surface area contributed by atoms with Gasteiger partial charge in [-0.2, -0.15) is 0 Å². The standard InChI is InChI=1S/C48H32N4/c1-3-11-32(12-4-1)45-30-46(52-48(51-45)36-13-5-2-6-14-36)42-27-25-34-20-23-38(29-44(34)50-42)41-26-24-33-19-22-37(28-43(33)49-41)40-17-9-15-35-21-18-31-10-7-8-16-39(31)47(35)40/h1-30,46H,(H,51,52). The van der Waals surface area contributed by atoms with Gasteiger partial charge in [0, 0.05) is 21.9 Å². The molecule has 0 aliphatic carbocycles. The van der Waals surface area contributed by atoms with Crippen LogP contribution in [0, 0.1) is 0 Å². The smallest absolute Gasteiger partial charge is 0.134 e. The molecule has 0 amide bonds. The third kappa shape index (κ3) is 5.38. The largest absolute Gasteiger partial charge is 0.358 e. The van der Waals surface area contributed by atoms with E-state index < -0.39 is 0 Å². The van der Waals surface area contributed by atoms with Gasteiger partial charge in [0.2, 0.25) is 0 Å². The number of aliphatic imine (C=N–C) groups is 1. The lowest BCUT2D eigenvalue weighted by atomic mass is 9.93. The van der Waals surface area contributed by atoms with E-state index in [1.165, 1.54) is 27.1 Å². The zero-order valence-electron chi connectivity index (χ0n) is 28.2. The van der Waals surface area contributed by atoms with Gasteiger partial charge in [0.25, 0.3) is 0 Å². The lowest BCUT2D eigenvalue weighted by molar-refractivity contribution is 0.756. The second-order valence-electron chi connectivity index (χ2n) is 13.3.